The van der Waals surface area contributed by atoms with Crippen LogP contribution in [0.1, 0.15) is 13.8 Å². The number of aliphatic carboxylic acids is 1. The predicted molar refractivity (Wildman–Crippen MR) is 39.6 cm³/mol. The van der Waals surface area contributed by atoms with Crippen LogP contribution < -0.4 is 5.73 Å². The van der Waals surface area contributed by atoms with Gasteiger partial charge in [0.25, 0.3) is 0 Å². The van der Waals surface area contributed by atoms with Crippen molar-refractivity contribution in [1.82, 2.24) is 0 Å². The van der Waals surface area contributed by atoms with Gasteiger partial charge in [-0.25, -0.2) is 4.79 Å². The molecule has 0 heterocycles. The second kappa shape index (κ2) is 4.06. The van der Waals surface area contributed by atoms with Crippen molar-refractivity contribution >= 4 is 5.97 Å². The SMILES string of the molecule is CC(=CC(C)CN)C(=O)O. The molecule has 0 bridgehead atoms. The fourth-order valence-corrected chi connectivity index (χ4v) is 0.566. The Morgan fingerprint density at radius 1 is 1.80 bits per heavy atom. The summed E-state index contributed by atoms with van der Waals surface area (Å²) < 4.78 is 0. The molecule has 0 amide bonds. The Kier molecular flexibility index (Phi) is 3.72. The minimum Gasteiger partial charge on any atom is -0.478 e. The average molecular weight is 143 g/mol. The molecule has 0 aliphatic rings. The van der Waals surface area contributed by atoms with Gasteiger partial charge in [0.05, 0.1) is 0 Å². The van der Waals surface area contributed by atoms with Crippen LogP contribution in [0.3, 0.4) is 0 Å². The highest BCUT2D eigenvalue weighted by atomic mass is 16.4. The van der Waals surface area contributed by atoms with E-state index in [1.165, 1.54) is 0 Å². The Hall–Kier alpha value is -0.830. The smallest absolute Gasteiger partial charge is 0.330 e. The van der Waals surface area contributed by atoms with Gasteiger partial charge < -0.3 is 10.8 Å². The van der Waals surface area contributed by atoms with Crippen molar-refractivity contribution in [2.75, 3.05) is 6.54 Å². The van der Waals surface area contributed by atoms with E-state index in [2.05, 4.69) is 0 Å². The van der Waals surface area contributed by atoms with Gasteiger partial charge in [0.1, 0.15) is 0 Å². The third-order valence-electron chi connectivity index (χ3n) is 1.24. The molecule has 0 aromatic carbocycles. The number of carboxylic acids is 1. The van der Waals surface area contributed by atoms with Crippen molar-refractivity contribution in [3.63, 3.8) is 0 Å². The maximum absolute atomic E-state index is 10.2. The van der Waals surface area contributed by atoms with Crippen LogP contribution >= 0.6 is 0 Å². The first kappa shape index (κ1) is 9.17. The highest BCUT2D eigenvalue weighted by molar-refractivity contribution is 5.85. The third kappa shape index (κ3) is 3.25. The van der Waals surface area contributed by atoms with Gasteiger partial charge in [-0.15, -0.1) is 0 Å². The van der Waals surface area contributed by atoms with Crippen LogP contribution in [0.4, 0.5) is 0 Å². The number of carbonyl (C=O) groups is 1. The monoisotopic (exact) mass is 143 g/mol. The third-order valence-corrected chi connectivity index (χ3v) is 1.24. The zero-order chi connectivity index (χ0) is 8.15. The summed E-state index contributed by atoms with van der Waals surface area (Å²) in [6, 6.07) is 0. The van der Waals surface area contributed by atoms with Gasteiger partial charge in [0, 0.05) is 5.57 Å². The van der Waals surface area contributed by atoms with Crippen LogP contribution in [-0.2, 0) is 4.79 Å². The summed E-state index contributed by atoms with van der Waals surface area (Å²) in [5.41, 5.74) is 5.64. The molecule has 3 heteroatoms. The topological polar surface area (TPSA) is 63.3 Å². The first-order chi connectivity index (χ1) is 4.57. The van der Waals surface area contributed by atoms with Crippen molar-refractivity contribution in [2.45, 2.75) is 13.8 Å². The molecule has 0 saturated heterocycles. The Morgan fingerprint density at radius 2 is 2.30 bits per heavy atom. The normalized spacial score (nSPS) is 14.9. The van der Waals surface area contributed by atoms with Crippen LogP contribution in [0.2, 0.25) is 0 Å². The van der Waals surface area contributed by atoms with Crippen molar-refractivity contribution < 1.29 is 9.90 Å². The molecule has 1 atom stereocenters. The largest absolute Gasteiger partial charge is 0.478 e. The van der Waals surface area contributed by atoms with Gasteiger partial charge in [0.2, 0.25) is 0 Å². The molecular weight excluding hydrogens is 130 g/mol. The standard InChI is InChI=1S/C7H13NO2/c1-5(4-8)3-6(2)7(9)10/h3,5H,4,8H2,1-2H3,(H,9,10). The maximum atomic E-state index is 10.2. The van der Waals surface area contributed by atoms with Crippen molar-refractivity contribution in [3.05, 3.63) is 11.6 Å². The fourth-order valence-electron chi connectivity index (χ4n) is 0.566. The first-order valence-corrected chi connectivity index (χ1v) is 3.19. The highest BCUT2D eigenvalue weighted by Gasteiger charge is 2.01. The van der Waals surface area contributed by atoms with Gasteiger partial charge in [-0.1, -0.05) is 13.0 Å². The summed E-state index contributed by atoms with van der Waals surface area (Å²) >= 11 is 0. The Balaban J connectivity index is 4.02. The Morgan fingerprint density at radius 3 is 2.60 bits per heavy atom. The first-order valence-electron chi connectivity index (χ1n) is 3.19. The van der Waals surface area contributed by atoms with E-state index in [4.69, 9.17) is 10.8 Å². The number of nitrogens with two attached hydrogens (primary N) is 1. The summed E-state index contributed by atoms with van der Waals surface area (Å²) in [5, 5.41) is 8.42. The highest BCUT2D eigenvalue weighted by Crippen LogP contribution is 2.00. The second-order valence-electron chi connectivity index (χ2n) is 2.37. The van der Waals surface area contributed by atoms with Crippen LogP contribution in [0, 0.1) is 5.92 Å². The lowest BCUT2D eigenvalue weighted by Crippen LogP contribution is -2.09. The van der Waals surface area contributed by atoms with E-state index in [0.717, 1.165) is 0 Å². The van der Waals surface area contributed by atoms with Crippen LogP contribution in [0.25, 0.3) is 0 Å². The van der Waals surface area contributed by atoms with E-state index in [1.54, 1.807) is 13.0 Å². The average Bonchev–Trinajstić information content (AvgIpc) is 1.87. The molecule has 0 radical (unpaired) electrons. The van der Waals surface area contributed by atoms with E-state index < -0.39 is 5.97 Å². The number of hydrogen-bond donors (Lipinski definition) is 2. The van der Waals surface area contributed by atoms with Crippen molar-refractivity contribution in [3.8, 4) is 0 Å². The molecule has 10 heavy (non-hydrogen) atoms. The van der Waals surface area contributed by atoms with Crippen molar-refractivity contribution in [1.29, 1.82) is 0 Å². The molecule has 1 unspecified atom stereocenters. The Bertz CT molecular complexity index is 152. The molecule has 0 aromatic rings. The molecule has 3 nitrogen and oxygen atoms in total. The van der Waals surface area contributed by atoms with Gasteiger partial charge >= 0.3 is 5.97 Å². The zero-order valence-electron chi connectivity index (χ0n) is 6.29. The van der Waals surface area contributed by atoms with Gasteiger partial charge in [-0.2, -0.15) is 0 Å². The summed E-state index contributed by atoms with van der Waals surface area (Å²) in [5.74, 6) is -0.726. The summed E-state index contributed by atoms with van der Waals surface area (Å²) in [6.45, 7) is 3.94. The van der Waals surface area contributed by atoms with Crippen LogP contribution in [-0.4, -0.2) is 17.6 Å². The minimum absolute atomic E-state index is 0.149. The second-order valence-corrected chi connectivity index (χ2v) is 2.37. The minimum atomic E-state index is -0.875. The molecule has 0 fully saturated rings. The number of rotatable bonds is 3. The number of hydrogen-bond acceptors (Lipinski definition) is 2. The van der Waals surface area contributed by atoms with Gasteiger partial charge in [-0.05, 0) is 19.4 Å². The van der Waals surface area contributed by atoms with Gasteiger partial charge in [-0.3, -0.25) is 0 Å². The van der Waals surface area contributed by atoms with Crippen LogP contribution in [0.15, 0.2) is 11.6 Å². The van der Waals surface area contributed by atoms with Crippen LogP contribution in [0.5, 0.6) is 0 Å². The predicted octanol–water partition coefficient (Wildman–Crippen LogP) is 0.612. The zero-order valence-corrected chi connectivity index (χ0v) is 6.29. The summed E-state index contributed by atoms with van der Waals surface area (Å²) in [7, 11) is 0. The fraction of sp³-hybridized carbons (Fsp3) is 0.571. The summed E-state index contributed by atoms with van der Waals surface area (Å²) in [6.07, 6.45) is 1.66. The van der Waals surface area contributed by atoms with Gasteiger partial charge in [0.15, 0.2) is 0 Å². The molecule has 0 aliphatic carbocycles. The van der Waals surface area contributed by atoms with E-state index in [1.807, 2.05) is 6.92 Å². The Labute approximate surface area is 60.5 Å². The molecule has 0 aliphatic heterocycles. The maximum Gasteiger partial charge on any atom is 0.330 e. The summed E-state index contributed by atoms with van der Waals surface area (Å²) in [4.78, 5) is 10.2. The molecule has 0 rings (SSSR count). The quantitative estimate of drug-likeness (QED) is 0.569. The molecule has 0 saturated carbocycles. The lowest BCUT2D eigenvalue weighted by molar-refractivity contribution is -0.132. The van der Waals surface area contributed by atoms with E-state index in [9.17, 15) is 4.79 Å². The molecular formula is C7H13NO2. The lowest BCUT2D eigenvalue weighted by Gasteiger charge is -2.00. The van der Waals surface area contributed by atoms with E-state index in [0.29, 0.717) is 12.1 Å². The molecule has 58 valence electrons. The molecule has 3 N–H and O–H groups in total. The van der Waals surface area contributed by atoms with E-state index >= 15 is 0 Å². The van der Waals surface area contributed by atoms with Crippen molar-refractivity contribution in [2.24, 2.45) is 11.7 Å². The number of carboxylic acid groups (broad SMARTS) is 1. The molecule has 0 spiro atoms. The molecule has 0 aromatic heterocycles. The lowest BCUT2D eigenvalue weighted by atomic mass is 10.1. The van der Waals surface area contributed by atoms with E-state index in [-0.39, 0.29) is 5.92 Å².